The van der Waals surface area contributed by atoms with E-state index >= 15 is 0 Å². The van der Waals surface area contributed by atoms with Gasteiger partial charge in [-0.25, -0.2) is 0 Å². The standard InChI is InChI=1S/C34H53NO2S2/c1-30(2,3)24-18-22(19-25(28(24)36)31(4,5)6)38-34(14-16-35-17-15-34)39-23-20-26(32(7,8)9)29(37-13)27(21-23)33(10,11)12/h18-21,35-36H,14-17H2,1-13H3. The number of ether oxygens (including phenoxy) is 1. The summed E-state index contributed by atoms with van der Waals surface area (Å²) >= 11 is 4.02. The van der Waals surface area contributed by atoms with E-state index in [1.54, 1.807) is 7.11 Å². The molecule has 1 aliphatic heterocycles. The largest absolute Gasteiger partial charge is 0.507 e. The lowest BCUT2D eigenvalue weighted by Gasteiger charge is -2.38. The summed E-state index contributed by atoms with van der Waals surface area (Å²) in [5.41, 5.74) is 4.24. The van der Waals surface area contributed by atoms with Crippen LogP contribution in [-0.4, -0.2) is 29.4 Å². The van der Waals surface area contributed by atoms with Gasteiger partial charge in [0.15, 0.2) is 0 Å². The van der Waals surface area contributed by atoms with Gasteiger partial charge in [-0.1, -0.05) is 83.1 Å². The van der Waals surface area contributed by atoms with Gasteiger partial charge in [-0.2, -0.15) is 0 Å². The lowest BCUT2D eigenvalue weighted by molar-refractivity contribution is 0.380. The highest BCUT2D eigenvalue weighted by Gasteiger charge is 2.37. The molecular formula is C34H53NO2S2. The molecule has 2 N–H and O–H groups in total. The normalized spacial score (nSPS) is 16.8. The minimum atomic E-state index is -0.145. The molecule has 2 aromatic rings. The van der Waals surface area contributed by atoms with Gasteiger partial charge < -0.3 is 15.2 Å². The maximum atomic E-state index is 11.3. The second-order valence-corrected chi connectivity index (χ2v) is 18.5. The van der Waals surface area contributed by atoms with E-state index in [4.69, 9.17) is 4.74 Å². The molecule has 3 nitrogen and oxygen atoms in total. The van der Waals surface area contributed by atoms with E-state index in [9.17, 15) is 5.11 Å². The molecule has 0 bridgehead atoms. The third-order valence-electron chi connectivity index (χ3n) is 7.56. The van der Waals surface area contributed by atoms with E-state index in [1.165, 1.54) is 20.9 Å². The molecule has 0 atom stereocenters. The molecule has 1 aliphatic rings. The molecule has 3 rings (SSSR count). The van der Waals surface area contributed by atoms with Gasteiger partial charge in [-0.15, -0.1) is 23.5 Å². The minimum absolute atomic E-state index is 0.00850. The summed E-state index contributed by atoms with van der Waals surface area (Å²) in [4.78, 5) is 2.56. The quantitative estimate of drug-likeness (QED) is 0.350. The van der Waals surface area contributed by atoms with Crippen molar-refractivity contribution in [3.63, 3.8) is 0 Å². The van der Waals surface area contributed by atoms with Crippen molar-refractivity contribution in [2.45, 2.75) is 131 Å². The van der Waals surface area contributed by atoms with Crippen molar-refractivity contribution in [3.8, 4) is 11.5 Å². The van der Waals surface area contributed by atoms with Crippen LogP contribution in [0.25, 0.3) is 0 Å². The Morgan fingerprint density at radius 2 is 0.974 bits per heavy atom. The highest BCUT2D eigenvalue weighted by atomic mass is 32.2. The lowest BCUT2D eigenvalue weighted by Crippen LogP contribution is -2.37. The van der Waals surface area contributed by atoms with Gasteiger partial charge in [0.25, 0.3) is 0 Å². The minimum Gasteiger partial charge on any atom is -0.507 e. The van der Waals surface area contributed by atoms with Crippen LogP contribution in [-0.2, 0) is 21.7 Å². The molecule has 0 amide bonds. The Morgan fingerprint density at radius 3 is 1.28 bits per heavy atom. The maximum Gasteiger partial charge on any atom is 0.126 e. The van der Waals surface area contributed by atoms with Gasteiger partial charge in [-0.05, 0) is 71.9 Å². The molecule has 2 aromatic carbocycles. The molecule has 0 saturated carbocycles. The molecule has 0 radical (unpaired) electrons. The van der Waals surface area contributed by atoms with Gasteiger partial charge in [0.05, 0.1) is 11.2 Å². The number of nitrogens with one attached hydrogen (secondary N) is 1. The van der Waals surface area contributed by atoms with Crippen molar-refractivity contribution in [1.29, 1.82) is 0 Å². The molecule has 0 unspecified atom stereocenters. The lowest BCUT2D eigenvalue weighted by atomic mass is 9.79. The smallest absolute Gasteiger partial charge is 0.126 e. The third kappa shape index (κ3) is 7.51. The first-order chi connectivity index (χ1) is 17.7. The number of phenolic OH excluding ortho intramolecular Hbond substituents is 1. The van der Waals surface area contributed by atoms with Crippen LogP contribution in [0.4, 0.5) is 0 Å². The number of thioether (sulfide) groups is 2. The van der Waals surface area contributed by atoms with Crippen LogP contribution < -0.4 is 10.1 Å². The summed E-state index contributed by atoms with van der Waals surface area (Å²) in [6.07, 6.45) is 2.14. The van der Waals surface area contributed by atoms with Crippen LogP contribution in [0.15, 0.2) is 34.1 Å². The molecular weight excluding hydrogens is 519 g/mol. The SMILES string of the molecule is COc1c(C(C)(C)C)cc(SC2(Sc3cc(C(C)(C)C)c(O)c(C(C)(C)C)c3)CCNCC2)cc1C(C)(C)C. The summed E-state index contributed by atoms with van der Waals surface area (Å²) in [6, 6.07) is 9.24. The van der Waals surface area contributed by atoms with Gasteiger partial charge in [0, 0.05) is 32.0 Å². The number of benzene rings is 2. The molecule has 1 fully saturated rings. The first-order valence-corrected chi connectivity index (χ1v) is 16.0. The molecule has 1 heterocycles. The van der Waals surface area contributed by atoms with Gasteiger partial charge >= 0.3 is 0 Å². The van der Waals surface area contributed by atoms with Crippen molar-refractivity contribution >= 4 is 23.5 Å². The van der Waals surface area contributed by atoms with Gasteiger partial charge in [-0.3, -0.25) is 0 Å². The zero-order valence-corrected chi connectivity index (χ0v) is 28.4. The Hall–Kier alpha value is -1.30. The number of methoxy groups -OCH3 is 1. The fourth-order valence-corrected chi connectivity index (χ4v) is 8.39. The van der Waals surface area contributed by atoms with E-state index in [0.717, 1.165) is 42.8 Å². The zero-order chi connectivity index (χ0) is 29.6. The Labute approximate surface area is 247 Å². The monoisotopic (exact) mass is 571 g/mol. The van der Waals surface area contributed by atoms with Crippen LogP contribution in [0.2, 0.25) is 0 Å². The van der Waals surface area contributed by atoms with E-state index < -0.39 is 0 Å². The highest BCUT2D eigenvalue weighted by molar-refractivity contribution is 8.18. The second kappa shape index (κ2) is 11.2. The fourth-order valence-electron chi connectivity index (χ4n) is 5.27. The van der Waals surface area contributed by atoms with Crippen LogP contribution in [0, 0.1) is 0 Å². The number of aromatic hydroxyl groups is 1. The Bertz CT molecular complexity index is 1100. The van der Waals surface area contributed by atoms with Crippen molar-refractivity contribution in [1.82, 2.24) is 5.32 Å². The number of hydrogen-bond acceptors (Lipinski definition) is 5. The topological polar surface area (TPSA) is 41.5 Å². The van der Waals surface area contributed by atoms with Crippen LogP contribution in [0.3, 0.4) is 0 Å². The van der Waals surface area contributed by atoms with Gasteiger partial charge in [0.2, 0.25) is 0 Å². The average molecular weight is 572 g/mol. The van der Waals surface area contributed by atoms with Crippen LogP contribution in [0.1, 0.15) is 118 Å². The van der Waals surface area contributed by atoms with Crippen molar-refractivity contribution in [2.24, 2.45) is 0 Å². The average Bonchev–Trinajstić information content (AvgIpc) is 2.77. The number of phenols is 1. The first kappa shape index (κ1) is 32.2. The molecule has 218 valence electrons. The maximum absolute atomic E-state index is 11.3. The second-order valence-electron chi connectivity index (χ2n) is 15.3. The number of piperidine rings is 1. The van der Waals surface area contributed by atoms with Crippen LogP contribution in [0.5, 0.6) is 11.5 Å². The van der Waals surface area contributed by atoms with E-state index in [2.05, 4.69) is 113 Å². The first-order valence-electron chi connectivity index (χ1n) is 14.4. The molecule has 0 aliphatic carbocycles. The molecule has 39 heavy (non-hydrogen) atoms. The summed E-state index contributed by atoms with van der Waals surface area (Å²) in [7, 11) is 1.81. The van der Waals surface area contributed by atoms with Crippen molar-refractivity contribution < 1.29 is 9.84 Å². The summed E-state index contributed by atoms with van der Waals surface area (Å²) in [5, 5.41) is 14.9. The fraction of sp³-hybridized carbons (Fsp3) is 0.647. The Kier molecular flexibility index (Phi) is 9.23. The molecule has 0 spiro atoms. The van der Waals surface area contributed by atoms with Crippen LogP contribution >= 0.6 is 23.5 Å². The predicted molar refractivity (Wildman–Crippen MR) is 172 cm³/mol. The van der Waals surface area contributed by atoms with E-state index in [-0.39, 0.29) is 25.7 Å². The molecule has 5 heteroatoms. The van der Waals surface area contributed by atoms with Crippen molar-refractivity contribution in [2.75, 3.05) is 20.2 Å². The molecule has 1 saturated heterocycles. The Balaban J connectivity index is 2.17. The number of hydrogen-bond donors (Lipinski definition) is 2. The predicted octanol–water partition coefficient (Wildman–Crippen LogP) is 9.55. The van der Waals surface area contributed by atoms with Gasteiger partial charge in [0.1, 0.15) is 11.5 Å². The van der Waals surface area contributed by atoms with E-state index in [1.807, 2.05) is 23.5 Å². The van der Waals surface area contributed by atoms with E-state index in [0.29, 0.717) is 5.75 Å². The van der Waals surface area contributed by atoms with Crippen molar-refractivity contribution in [3.05, 3.63) is 46.5 Å². The highest BCUT2D eigenvalue weighted by Crippen LogP contribution is 2.54. The summed E-state index contributed by atoms with van der Waals surface area (Å²) < 4.78 is 6.04. The zero-order valence-electron chi connectivity index (χ0n) is 26.8. The Morgan fingerprint density at radius 1 is 0.641 bits per heavy atom. The number of rotatable bonds is 5. The molecule has 0 aromatic heterocycles. The third-order valence-corrected chi connectivity index (χ3v) is 10.6. The summed E-state index contributed by atoms with van der Waals surface area (Å²) in [6.45, 7) is 28.8. The summed E-state index contributed by atoms with van der Waals surface area (Å²) in [5.74, 6) is 1.47.